The molecule has 0 radical (unpaired) electrons. The van der Waals surface area contributed by atoms with Gasteiger partial charge in [0.05, 0.1) is 18.8 Å². The number of benzene rings is 1. The minimum absolute atomic E-state index is 0.0834. The van der Waals surface area contributed by atoms with Gasteiger partial charge in [-0.25, -0.2) is 4.39 Å². The van der Waals surface area contributed by atoms with Crippen LogP contribution in [-0.4, -0.2) is 25.1 Å². The molecule has 1 heterocycles. The molecule has 0 aromatic heterocycles. The first kappa shape index (κ1) is 11.1. The quantitative estimate of drug-likeness (QED) is 0.738. The molecule has 1 saturated heterocycles. The summed E-state index contributed by atoms with van der Waals surface area (Å²) < 4.78 is 23.8. The SMILES string of the molecule is CC(=O)c1ccc(F)cc1OC1CCOC1. The fraction of sp³-hybridized carbons (Fsp3) is 0.417. The van der Waals surface area contributed by atoms with E-state index in [1.807, 2.05) is 0 Å². The minimum Gasteiger partial charge on any atom is -0.487 e. The predicted octanol–water partition coefficient (Wildman–Crippen LogP) is 2.20. The fourth-order valence-corrected chi connectivity index (χ4v) is 1.67. The lowest BCUT2D eigenvalue weighted by Gasteiger charge is -2.14. The Morgan fingerprint density at radius 2 is 2.38 bits per heavy atom. The van der Waals surface area contributed by atoms with Crippen LogP contribution in [0.5, 0.6) is 5.75 Å². The second-order valence-electron chi connectivity index (χ2n) is 3.80. The maximum absolute atomic E-state index is 13.1. The van der Waals surface area contributed by atoms with Crippen LogP contribution in [-0.2, 0) is 4.74 Å². The van der Waals surface area contributed by atoms with E-state index in [9.17, 15) is 9.18 Å². The highest BCUT2D eigenvalue weighted by Crippen LogP contribution is 2.23. The van der Waals surface area contributed by atoms with Gasteiger partial charge >= 0.3 is 0 Å². The number of Topliss-reactive ketones (excluding diaryl/α,β-unsaturated/α-hetero) is 1. The van der Waals surface area contributed by atoms with Crippen molar-refractivity contribution in [2.24, 2.45) is 0 Å². The largest absolute Gasteiger partial charge is 0.487 e. The van der Waals surface area contributed by atoms with Crippen molar-refractivity contribution >= 4 is 5.78 Å². The number of rotatable bonds is 3. The van der Waals surface area contributed by atoms with Crippen molar-refractivity contribution in [2.45, 2.75) is 19.4 Å². The van der Waals surface area contributed by atoms with E-state index in [0.29, 0.717) is 24.5 Å². The molecule has 1 unspecified atom stereocenters. The Hall–Kier alpha value is -1.42. The van der Waals surface area contributed by atoms with E-state index in [1.165, 1.54) is 25.1 Å². The summed E-state index contributed by atoms with van der Waals surface area (Å²) in [5.74, 6) is -0.226. The average Bonchev–Trinajstić information content (AvgIpc) is 2.70. The second-order valence-corrected chi connectivity index (χ2v) is 3.80. The Morgan fingerprint density at radius 3 is 3.00 bits per heavy atom. The summed E-state index contributed by atoms with van der Waals surface area (Å²) in [6.07, 6.45) is 0.688. The van der Waals surface area contributed by atoms with Crippen LogP contribution in [0.25, 0.3) is 0 Å². The molecule has 3 nitrogen and oxygen atoms in total. The van der Waals surface area contributed by atoms with Gasteiger partial charge in [0.15, 0.2) is 5.78 Å². The van der Waals surface area contributed by atoms with Crippen LogP contribution in [0.1, 0.15) is 23.7 Å². The van der Waals surface area contributed by atoms with Gasteiger partial charge in [-0.2, -0.15) is 0 Å². The van der Waals surface area contributed by atoms with E-state index in [4.69, 9.17) is 9.47 Å². The van der Waals surface area contributed by atoms with Gasteiger partial charge in [0.1, 0.15) is 17.7 Å². The van der Waals surface area contributed by atoms with Gasteiger partial charge in [0.2, 0.25) is 0 Å². The van der Waals surface area contributed by atoms with Gasteiger partial charge in [-0.3, -0.25) is 4.79 Å². The van der Waals surface area contributed by atoms with Crippen molar-refractivity contribution in [3.63, 3.8) is 0 Å². The Balaban J connectivity index is 2.22. The molecule has 1 aliphatic heterocycles. The number of ketones is 1. The molecular weight excluding hydrogens is 211 g/mol. The molecule has 1 aromatic carbocycles. The fourth-order valence-electron chi connectivity index (χ4n) is 1.67. The van der Waals surface area contributed by atoms with E-state index in [1.54, 1.807) is 0 Å². The second kappa shape index (κ2) is 4.61. The lowest BCUT2D eigenvalue weighted by molar-refractivity contribution is 0.100. The van der Waals surface area contributed by atoms with Crippen molar-refractivity contribution in [1.29, 1.82) is 0 Å². The Kier molecular flexibility index (Phi) is 3.19. The zero-order valence-electron chi connectivity index (χ0n) is 9.03. The standard InChI is InChI=1S/C12H13FO3/c1-8(14)11-3-2-9(13)6-12(11)16-10-4-5-15-7-10/h2-3,6,10H,4-5,7H2,1H3. The smallest absolute Gasteiger partial charge is 0.163 e. The lowest BCUT2D eigenvalue weighted by atomic mass is 10.1. The number of hydrogen-bond donors (Lipinski definition) is 0. The Morgan fingerprint density at radius 1 is 1.56 bits per heavy atom. The van der Waals surface area contributed by atoms with Crippen LogP contribution >= 0.6 is 0 Å². The minimum atomic E-state index is -0.404. The molecule has 1 aliphatic rings. The van der Waals surface area contributed by atoms with Crippen molar-refractivity contribution in [3.8, 4) is 5.75 Å². The highest BCUT2D eigenvalue weighted by atomic mass is 19.1. The molecule has 2 rings (SSSR count). The van der Waals surface area contributed by atoms with E-state index in [2.05, 4.69) is 0 Å². The molecule has 0 aliphatic carbocycles. The predicted molar refractivity (Wildman–Crippen MR) is 56.3 cm³/mol. The Bertz CT molecular complexity index is 397. The molecule has 86 valence electrons. The van der Waals surface area contributed by atoms with Crippen LogP contribution in [0.2, 0.25) is 0 Å². The third-order valence-corrected chi connectivity index (χ3v) is 2.50. The molecule has 0 bridgehead atoms. The molecule has 1 atom stereocenters. The van der Waals surface area contributed by atoms with Crippen LogP contribution in [0.15, 0.2) is 18.2 Å². The molecule has 1 fully saturated rings. The molecule has 0 amide bonds. The monoisotopic (exact) mass is 224 g/mol. The van der Waals surface area contributed by atoms with Gasteiger partial charge in [0, 0.05) is 12.5 Å². The summed E-state index contributed by atoms with van der Waals surface area (Å²) >= 11 is 0. The van der Waals surface area contributed by atoms with Crippen LogP contribution in [0.4, 0.5) is 4.39 Å². The van der Waals surface area contributed by atoms with Crippen LogP contribution in [0, 0.1) is 5.82 Å². The first-order valence-electron chi connectivity index (χ1n) is 5.21. The molecule has 0 saturated carbocycles. The summed E-state index contributed by atoms with van der Waals surface area (Å²) in [4.78, 5) is 11.3. The van der Waals surface area contributed by atoms with E-state index in [0.717, 1.165) is 6.42 Å². The van der Waals surface area contributed by atoms with E-state index in [-0.39, 0.29) is 11.9 Å². The number of ether oxygens (including phenoxy) is 2. The molecule has 0 N–H and O–H groups in total. The van der Waals surface area contributed by atoms with E-state index < -0.39 is 5.82 Å². The molecule has 4 heteroatoms. The topological polar surface area (TPSA) is 35.5 Å². The normalized spacial score (nSPS) is 19.8. The zero-order chi connectivity index (χ0) is 11.5. The maximum atomic E-state index is 13.1. The van der Waals surface area contributed by atoms with Gasteiger partial charge in [-0.05, 0) is 19.1 Å². The average molecular weight is 224 g/mol. The first-order valence-corrected chi connectivity index (χ1v) is 5.21. The van der Waals surface area contributed by atoms with Gasteiger partial charge in [0.25, 0.3) is 0 Å². The Labute approximate surface area is 93.2 Å². The first-order chi connectivity index (χ1) is 7.66. The maximum Gasteiger partial charge on any atom is 0.163 e. The van der Waals surface area contributed by atoms with Crippen LogP contribution < -0.4 is 4.74 Å². The summed E-state index contributed by atoms with van der Waals surface area (Å²) in [5, 5.41) is 0. The van der Waals surface area contributed by atoms with Crippen molar-refractivity contribution in [3.05, 3.63) is 29.6 Å². The summed E-state index contributed by atoms with van der Waals surface area (Å²) in [6, 6.07) is 3.95. The molecular formula is C12H13FO3. The number of carbonyl (C=O) groups is 1. The number of hydrogen-bond acceptors (Lipinski definition) is 3. The van der Waals surface area contributed by atoms with Gasteiger partial charge < -0.3 is 9.47 Å². The zero-order valence-corrected chi connectivity index (χ0v) is 9.03. The van der Waals surface area contributed by atoms with E-state index >= 15 is 0 Å². The lowest BCUT2D eigenvalue weighted by Crippen LogP contribution is -2.17. The number of halogens is 1. The highest BCUT2D eigenvalue weighted by molar-refractivity contribution is 5.96. The summed E-state index contributed by atoms with van der Waals surface area (Å²) in [7, 11) is 0. The molecule has 16 heavy (non-hydrogen) atoms. The summed E-state index contributed by atoms with van der Waals surface area (Å²) in [5.41, 5.74) is 0.410. The third kappa shape index (κ3) is 2.39. The van der Waals surface area contributed by atoms with Gasteiger partial charge in [-0.15, -0.1) is 0 Å². The molecule has 1 aromatic rings. The highest BCUT2D eigenvalue weighted by Gasteiger charge is 2.19. The van der Waals surface area contributed by atoms with Gasteiger partial charge in [-0.1, -0.05) is 0 Å². The van der Waals surface area contributed by atoms with Crippen molar-refractivity contribution in [1.82, 2.24) is 0 Å². The van der Waals surface area contributed by atoms with Crippen LogP contribution in [0.3, 0.4) is 0 Å². The third-order valence-electron chi connectivity index (χ3n) is 2.50. The van der Waals surface area contributed by atoms with Crippen molar-refractivity contribution in [2.75, 3.05) is 13.2 Å². The molecule has 0 spiro atoms. The van der Waals surface area contributed by atoms with Crippen molar-refractivity contribution < 1.29 is 18.7 Å². The summed E-state index contributed by atoms with van der Waals surface area (Å²) in [6.45, 7) is 2.58. The number of carbonyl (C=O) groups excluding carboxylic acids is 1.